The van der Waals surface area contributed by atoms with Gasteiger partial charge in [-0.1, -0.05) is 17.7 Å². The lowest BCUT2D eigenvalue weighted by molar-refractivity contribution is 1.08. The van der Waals surface area contributed by atoms with E-state index in [1.54, 1.807) is 18.2 Å². The van der Waals surface area contributed by atoms with Gasteiger partial charge in [-0.2, -0.15) is 0 Å². The molecular formula is C14H9ClN2O2. The highest BCUT2D eigenvalue weighted by atomic mass is 35.5. The predicted molar refractivity (Wildman–Crippen MR) is 75.5 cm³/mol. The number of hydrogen-bond acceptors (Lipinski definition) is 3. The van der Waals surface area contributed by atoms with Gasteiger partial charge in [-0.05, 0) is 24.3 Å². The standard InChI is InChI=1S/C14H9ClN2O2/c15-8-3-4-9(11-12(16)14(19)13(11)18)10(7-8)17-5-1-2-6-17/h1-7H,16H2. The first-order chi connectivity index (χ1) is 9.09. The molecule has 0 radical (unpaired) electrons. The summed E-state index contributed by atoms with van der Waals surface area (Å²) in [5, 5.41) is 0.546. The minimum Gasteiger partial charge on any atom is -0.395 e. The number of nitrogens with zero attached hydrogens (tertiary/aromatic N) is 1. The second-order valence-electron chi connectivity index (χ2n) is 4.20. The third-order valence-corrected chi connectivity index (χ3v) is 3.29. The SMILES string of the molecule is Nc1c(-c2ccc(Cl)cc2-n2cccc2)c(=O)c1=O. The first-order valence-electron chi connectivity index (χ1n) is 5.61. The summed E-state index contributed by atoms with van der Waals surface area (Å²) >= 11 is 5.99. The molecule has 0 fully saturated rings. The molecule has 0 spiro atoms. The van der Waals surface area contributed by atoms with Crippen molar-refractivity contribution in [2.75, 3.05) is 5.73 Å². The summed E-state index contributed by atoms with van der Waals surface area (Å²) < 4.78 is 1.82. The number of aromatic nitrogens is 1. The van der Waals surface area contributed by atoms with Crippen LogP contribution >= 0.6 is 11.6 Å². The smallest absolute Gasteiger partial charge is 0.249 e. The van der Waals surface area contributed by atoms with Gasteiger partial charge in [-0.25, -0.2) is 0 Å². The Morgan fingerprint density at radius 3 is 2.37 bits per heavy atom. The van der Waals surface area contributed by atoms with E-state index in [4.69, 9.17) is 17.3 Å². The van der Waals surface area contributed by atoms with Gasteiger partial charge < -0.3 is 10.3 Å². The molecule has 3 rings (SSSR count). The van der Waals surface area contributed by atoms with E-state index < -0.39 is 10.9 Å². The zero-order valence-electron chi connectivity index (χ0n) is 9.76. The summed E-state index contributed by atoms with van der Waals surface area (Å²) in [4.78, 5) is 22.9. The van der Waals surface area contributed by atoms with Crippen LogP contribution in [0.2, 0.25) is 5.02 Å². The normalized spacial score (nSPS) is 11.0. The van der Waals surface area contributed by atoms with Gasteiger partial charge in [0.2, 0.25) is 10.9 Å². The Morgan fingerprint density at radius 1 is 1.05 bits per heavy atom. The van der Waals surface area contributed by atoms with E-state index in [-0.39, 0.29) is 11.3 Å². The van der Waals surface area contributed by atoms with Crippen LogP contribution in [0, 0.1) is 0 Å². The van der Waals surface area contributed by atoms with Gasteiger partial charge in [0, 0.05) is 23.0 Å². The summed E-state index contributed by atoms with van der Waals surface area (Å²) in [6.07, 6.45) is 3.66. The second kappa shape index (κ2) is 4.10. The number of halogens is 1. The maximum absolute atomic E-state index is 11.6. The third kappa shape index (κ3) is 1.69. The Morgan fingerprint density at radius 2 is 1.74 bits per heavy atom. The number of rotatable bonds is 2. The van der Waals surface area contributed by atoms with Crippen molar-refractivity contribution < 1.29 is 0 Å². The molecule has 0 unspecified atom stereocenters. The molecule has 0 bridgehead atoms. The molecule has 94 valence electrons. The molecule has 2 aromatic carbocycles. The van der Waals surface area contributed by atoms with Gasteiger partial charge in [0.15, 0.2) is 0 Å². The monoisotopic (exact) mass is 272 g/mol. The molecule has 19 heavy (non-hydrogen) atoms. The quantitative estimate of drug-likeness (QED) is 0.726. The molecular weight excluding hydrogens is 264 g/mol. The second-order valence-corrected chi connectivity index (χ2v) is 4.64. The number of benzene rings is 1. The Bertz CT molecular complexity index is 828. The molecule has 0 saturated heterocycles. The van der Waals surface area contributed by atoms with Crippen LogP contribution in [-0.2, 0) is 0 Å². The van der Waals surface area contributed by atoms with Crippen LogP contribution in [0.3, 0.4) is 0 Å². The van der Waals surface area contributed by atoms with Crippen LogP contribution in [0.25, 0.3) is 16.8 Å². The molecule has 0 aliphatic rings. The lowest BCUT2D eigenvalue weighted by Crippen LogP contribution is -2.36. The van der Waals surface area contributed by atoms with Gasteiger partial charge >= 0.3 is 0 Å². The number of nitrogen functional groups attached to an aromatic ring is 1. The van der Waals surface area contributed by atoms with Crippen molar-refractivity contribution in [2.45, 2.75) is 0 Å². The molecule has 0 saturated carbocycles. The van der Waals surface area contributed by atoms with E-state index in [1.165, 1.54) is 0 Å². The summed E-state index contributed by atoms with van der Waals surface area (Å²) in [5.74, 6) is 0. The fraction of sp³-hybridized carbons (Fsp3) is 0. The fourth-order valence-electron chi connectivity index (χ4n) is 2.10. The van der Waals surface area contributed by atoms with E-state index in [0.717, 1.165) is 5.69 Å². The van der Waals surface area contributed by atoms with Crippen LogP contribution in [0.4, 0.5) is 5.69 Å². The molecule has 0 atom stereocenters. The number of nitrogens with two attached hydrogens (primary N) is 1. The van der Waals surface area contributed by atoms with Crippen molar-refractivity contribution in [3.63, 3.8) is 0 Å². The van der Waals surface area contributed by atoms with Crippen LogP contribution in [0.5, 0.6) is 0 Å². The molecule has 0 aliphatic carbocycles. The van der Waals surface area contributed by atoms with Crippen LogP contribution in [0.1, 0.15) is 0 Å². The average molecular weight is 273 g/mol. The predicted octanol–water partition coefficient (Wildman–Crippen LogP) is 1.98. The van der Waals surface area contributed by atoms with Crippen LogP contribution in [0.15, 0.2) is 52.3 Å². The van der Waals surface area contributed by atoms with E-state index in [9.17, 15) is 9.59 Å². The molecule has 1 aromatic heterocycles. The van der Waals surface area contributed by atoms with Gasteiger partial charge in [-0.3, -0.25) is 9.59 Å². The van der Waals surface area contributed by atoms with Crippen LogP contribution < -0.4 is 16.6 Å². The molecule has 4 nitrogen and oxygen atoms in total. The van der Waals surface area contributed by atoms with Gasteiger partial charge in [0.05, 0.1) is 16.9 Å². The Kier molecular flexibility index (Phi) is 2.54. The molecule has 2 N–H and O–H groups in total. The van der Waals surface area contributed by atoms with Crippen LogP contribution in [-0.4, -0.2) is 4.57 Å². The lowest BCUT2D eigenvalue weighted by atomic mass is 9.97. The molecule has 0 amide bonds. The van der Waals surface area contributed by atoms with E-state index in [0.29, 0.717) is 10.6 Å². The zero-order valence-corrected chi connectivity index (χ0v) is 10.5. The Hall–Kier alpha value is -2.33. The Balaban J connectivity index is 2.29. The first kappa shape index (κ1) is 11.7. The van der Waals surface area contributed by atoms with E-state index in [2.05, 4.69) is 0 Å². The summed E-state index contributed by atoms with van der Waals surface area (Å²) in [6.45, 7) is 0. The van der Waals surface area contributed by atoms with Crippen molar-refractivity contribution in [3.8, 4) is 16.8 Å². The third-order valence-electron chi connectivity index (χ3n) is 3.06. The minimum absolute atomic E-state index is 0.0146. The Labute approximate surface area is 113 Å². The van der Waals surface area contributed by atoms with E-state index >= 15 is 0 Å². The average Bonchev–Trinajstić information content (AvgIpc) is 2.94. The first-order valence-corrected chi connectivity index (χ1v) is 5.99. The maximum Gasteiger partial charge on any atom is 0.249 e. The largest absolute Gasteiger partial charge is 0.395 e. The fourth-order valence-corrected chi connectivity index (χ4v) is 2.27. The molecule has 1 heterocycles. The lowest BCUT2D eigenvalue weighted by Gasteiger charge is -2.13. The minimum atomic E-state index is -0.622. The highest BCUT2D eigenvalue weighted by molar-refractivity contribution is 6.30. The summed E-state index contributed by atoms with van der Waals surface area (Å²) in [5.41, 5.74) is 6.06. The molecule has 3 aromatic rings. The maximum atomic E-state index is 11.6. The number of hydrogen-bond donors (Lipinski definition) is 1. The van der Waals surface area contributed by atoms with Gasteiger partial charge in [0.1, 0.15) is 0 Å². The van der Waals surface area contributed by atoms with Crippen molar-refractivity contribution in [3.05, 3.63) is 68.2 Å². The van der Waals surface area contributed by atoms with Crippen molar-refractivity contribution in [2.24, 2.45) is 0 Å². The van der Waals surface area contributed by atoms with Crippen molar-refractivity contribution >= 4 is 17.3 Å². The van der Waals surface area contributed by atoms with Gasteiger partial charge in [0.25, 0.3) is 0 Å². The highest BCUT2D eigenvalue weighted by Gasteiger charge is 2.22. The molecule has 0 aliphatic heterocycles. The van der Waals surface area contributed by atoms with Gasteiger partial charge in [-0.15, -0.1) is 0 Å². The van der Waals surface area contributed by atoms with E-state index in [1.807, 2.05) is 29.1 Å². The molecule has 5 heteroatoms. The highest BCUT2D eigenvalue weighted by Crippen LogP contribution is 2.30. The zero-order chi connectivity index (χ0) is 13.6. The van der Waals surface area contributed by atoms with Crippen molar-refractivity contribution in [1.29, 1.82) is 0 Å². The summed E-state index contributed by atoms with van der Waals surface area (Å²) in [7, 11) is 0. The summed E-state index contributed by atoms with van der Waals surface area (Å²) in [6, 6.07) is 8.81. The van der Waals surface area contributed by atoms with Crippen molar-refractivity contribution in [1.82, 2.24) is 4.57 Å². The number of anilines is 1. The topological polar surface area (TPSA) is 65.1 Å².